The summed E-state index contributed by atoms with van der Waals surface area (Å²) in [6, 6.07) is 32.0. The number of carbonyl (C=O) groups is 3. The van der Waals surface area contributed by atoms with Gasteiger partial charge in [-0.25, -0.2) is 18.8 Å². The number of nitrogens with one attached hydrogen (secondary N) is 1. The van der Waals surface area contributed by atoms with E-state index < -0.39 is 55.3 Å². The Labute approximate surface area is 308 Å². The molecule has 1 N–H and O–H groups in total. The summed E-state index contributed by atoms with van der Waals surface area (Å²) in [5.41, 5.74) is 3.00. The number of rotatable bonds is 12. The first-order valence-electron chi connectivity index (χ1n) is 16.7. The fourth-order valence-corrected chi connectivity index (χ4v) is 5.99. The summed E-state index contributed by atoms with van der Waals surface area (Å²) in [5, 5.41) is 7.49. The minimum atomic E-state index is -2.13. The Hall–Kier alpha value is -5.33. The molecule has 6 rings (SSSR count). The molecule has 0 aliphatic carbocycles. The molecular weight excluding hydrogens is 735 g/mol. The summed E-state index contributed by atoms with van der Waals surface area (Å²) in [6.45, 7) is 3.42. The van der Waals surface area contributed by atoms with Crippen molar-refractivity contribution in [2.24, 2.45) is 0 Å². The van der Waals surface area contributed by atoms with Gasteiger partial charge in [-0.3, -0.25) is 5.10 Å². The van der Waals surface area contributed by atoms with Crippen LogP contribution in [0, 0.1) is 0 Å². The van der Waals surface area contributed by atoms with Gasteiger partial charge in [0, 0.05) is 22.2 Å². The minimum absolute atomic E-state index is 0.00854. The second kappa shape index (κ2) is 16.8. The molecule has 0 amide bonds. The predicted molar refractivity (Wildman–Crippen MR) is 192 cm³/mol. The molecule has 2 heterocycles. The highest BCUT2D eigenvalue weighted by molar-refractivity contribution is 9.10. The standard InChI is InChI=1S/C40H36BrFN2O8/c1-24(2)33-30(22-25-18-20-29(41)21-19-25)36(44-43-33)52-40-35(51-39(47)28-16-10-5-11-17-28)34(50-38(46)27-14-8-4-9-15-27)32(42)31(49-40)23-48-37(45)26-12-6-3-7-13-26/h3-21,24,31-32,34-35,40H,22-23H2,1-2H3,(H,43,44). The summed E-state index contributed by atoms with van der Waals surface area (Å²) in [5.74, 6) is -2.29. The van der Waals surface area contributed by atoms with Crippen LogP contribution in [0.25, 0.3) is 0 Å². The summed E-state index contributed by atoms with van der Waals surface area (Å²) in [7, 11) is 0. The van der Waals surface area contributed by atoms with Gasteiger partial charge < -0.3 is 23.7 Å². The van der Waals surface area contributed by atoms with Gasteiger partial charge in [0.15, 0.2) is 12.3 Å². The van der Waals surface area contributed by atoms with Crippen LogP contribution in [0.15, 0.2) is 120 Å². The lowest BCUT2D eigenvalue weighted by Crippen LogP contribution is -2.61. The van der Waals surface area contributed by atoms with Crippen LogP contribution >= 0.6 is 15.9 Å². The van der Waals surface area contributed by atoms with E-state index in [2.05, 4.69) is 26.1 Å². The van der Waals surface area contributed by atoms with Gasteiger partial charge >= 0.3 is 17.9 Å². The van der Waals surface area contributed by atoms with Gasteiger partial charge in [-0.2, -0.15) is 0 Å². The number of halogens is 2. The Bertz CT molecular complexity index is 1960. The Morgan fingerprint density at radius 1 is 0.769 bits per heavy atom. The van der Waals surface area contributed by atoms with Crippen LogP contribution in [0.3, 0.4) is 0 Å². The zero-order chi connectivity index (χ0) is 36.6. The lowest BCUT2D eigenvalue weighted by molar-refractivity contribution is -0.264. The fraction of sp³-hybridized carbons (Fsp3) is 0.250. The first kappa shape index (κ1) is 36.5. The van der Waals surface area contributed by atoms with Gasteiger partial charge in [0.1, 0.15) is 12.7 Å². The number of alkyl halides is 1. The van der Waals surface area contributed by atoms with E-state index in [0.717, 1.165) is 15.7 Å². The highest BCUT2D eigenvalue weighted by Crippen LogP contribution is 2.35. The molecule has 0 spiro atoms. The Morgan fingerprint density at radius 3 is 1.83 bits per heavy atom. The number of hydrogen-bond donors (Lipinski definition) is 1. The Morgan fingerprint density at radius 2 is 1.29 bits per heavy atom. The maximum absolute atomic E-state index is 16.7. The van der Waals surface area contributed by atoms with Gasteiger partial charge in [0.05, 0.1) is 16.7 Å². The van der Waals surface area contributed by atoms with E-state index in [1.54, 1.807) is 66.7 Å². The molecule has 1 aromatic heterocycles. The smallest absolute Gasteiger partial charge is 0.338 e. The van der Waals surface area contributed by atoms with Gasteiger partial charge in [-0.1, -0.05) is 96.5 Å². The van der Waals surface area contributed by atoms with Gasteiger partial charge in [-0.05, 0) is 60.0 Å². The largest absolute Gasteiger partial charge is 0.459 e. The molecule has 1 saturated heterocycles. The molecule has 52 heavy (non-hydrogen) atoms. The topological polar surface area (TPSA) is 126 Å². The second-order valence-corrected chi connectivity index (χ2v) is 13.3. The molecule has 5 atom stereocenters. The Kier molecular flexibility index (Phi) is 11.8. The SMILES string of the molecule is CC(C)c1[nH]nc(OC2OC(COC(=O)c3ccccc3)C(F)C(OC(=O)c3ccccc3)C2OC(=O)c2ccccc2)c1Cc1ccc(Br)cc1. The average molecular weight is 772 g/mol. The number of H-pyrrole nitrogens is 1. The van der Waals surface area contributed by atoms with E-state index >= 15 is 4.39 Å². The first-order valence-corrected chi connectivity index (χ1v) is 17.5. The van der Waals surface area contributed by atoms with Crippen molar-refractivity contribution in [3.05, 3.63) is 153 Å². The summed E-state index contributed by atoms with van der Waals surface area (Å²) in [4.78, 5) is 39.8. The molecular formula is C40H36BrFN2O8. The fourth-order valence-electron chi connectivity index (χ4n) is 5.72. The van der Waals surface area contributed by atoms with Crippen LogP contribution in [-0.4, -0.2) is 65.5 Å². The zero-order valence-corrected chi connectivity index (χ0v) is 29.9. The maximum Gasteiger partial charge on any atom is 0.338 e. The summed E-state index contributed by atoms with van der Waals surface area (Å²) < 4.78 is 47.3. The van der Waals surface area contributed by atoms with Crippen molar-refractivity contribution in [2.75, 3.05) is 6.61 Å². The minimum Gasteiger partial charge on any atom is -0.459 e. The highest BCUT2D eigenvalue weighted by atomic mass is 79.9. The van der Waals surface area contributed by atoms with Crippen LogP contribution in [-0.2, 0) is 25.4 Å². The van der Waals surface area contributed by atoms with E-state index in [1.165, 1.54) is 24.3 Å². The summed E-state index contributed by atoms with van der Waals surface area (Å²) in [6.07, 6.45) is -8.17. The third-order valence-electron chi connectivity index (χ3n) is 8.42. The molecule has 5 aromatic rings. The molecule has 0 radical (unpaired) electrons. The number of aromatic nitrogens is 2. The predicted octanol–water partition coefficient (Wildman–Crippen LogP) is 7.64. The van der Waals surface area contributed by atoms with E-state index in [-0.39, 0.29) is 28.5 Å². The van der Waals surface area contributed by atoms with Crippen LogP contribution in [0.1, 0.15) is 67.7 Å². The van der Waals surface area contributed by atoms with Crippen molar-refractivity contribution in [1.82, 2.24) is 10.2 Å². The molecule has 268 valence electrons. The molecule has 0 saturated carbocycles. The molecule has 1 aliphatic heterocycles. The number of nitrogens with zero attached hydrogens (tertiary/aromatic N) is 1. The maximum atomic E-state index is 16.7. The molecule has 1 aliphatic rings. The molecule has 1 fully saturated rings. The van der Waals surface area contributed by atoms with E-state index in [4.69, 9.17) is 23.7 Å². The summed E-state index contributed by atoms with van der Waals surface area (Å²) >= 11 is 3.47. The monoisotopic (exact) mass is 770 g/mol. The Balaban J connectivity index is 1.37. The van der Waals surface area contributed by atoms with Crippen molar-refractivity contribution in [3.8, 4) is 5.88 Å². The van der Waals surface area contributed by atoms with Gasteiger partial charge in [-0.15, -0.1) is 5.10 Å². The number of ether oxygens (including phenoxy) is 5. The van der Waals surface area contributed by atoms with Crippen LogP contribution in [0.4, 0.5) is 4.39 Å². The van der Waals surface area contributed by atoms with Crippen LogP contribution in [0.5, 0.6) is 5.88 Å². The lowest BCUT2D eigenvalue weighted by Gasteiger charge is -2.41. The van der Waals surface area contributed by atoms with Crippen LogP contribution in [0.2, 0.25) is 0 Å². The number of hydrogen-bond acceptors (Lipinski definition) is 9. The second-order valence-electron chi connectivity index (χ2n) is 12.4. The van der Waals surface area contributed by atoms with Crippen molar-refractivity contribution < 1.29 is 42.5 Å². The molecule has 10 nitrogen and oxygen atoms in total. The van der Waals surface area contributed by atoms with E-state index in [9.17, 15) is 14.4 Å². The van der Waals surface area contributed by atoms with Crippen molar-refractivity contribution >= 4 is 33.8 Å². The molecule has 0 bridgehead atoms. The molecule has 4 aromatic carbocycles. The number of benzene rings is 4. The lowest BCUT2D eigenvalue weighted by atomic mass is 9.98. The van der Waals surface area contributed by atoms with E-state index in [1.807, 2.05) is 38.1 Å². The normalized spacial score (nSPS) is 19.8. The third-order valence-corrected chi connectivity index (χ3v) is 8.95. The van der Waals surface area contributed by atoms with Gasteiger partial charge in [0.2, 0.25) is 18.3 Å². The van der Waals surface area contributed by atoms with Gasteiger partial charge in [0.25, 0.3) is 0 Å². The van der Waals surface area contributed by atoms with Crippen molar-refractivity contribution in [3.63, 3.8) is 0 Å². The number of esters is 3. The first-order chi connectivity index (χ1) is 25.2. The third kappa shape index (κ3) is 8.75. The van der Waals surface area contributed by atoms with E-state index in [0.29, 0.717) is 12.0 Å². The van der Waals surface area contributed by atoms with Crippen molar-refractivity contribution in [1.29, 1.82) is 0 Å². The number of aromatic amines is 1. The molecule has 12 heteroatoms. The number of carbonyl (C=O) groups excluding carboxylic acids is 3. The zero-order valence-electron chi connectivity index (χ0n) is 28.3. The highest BCUT2D eigenvalue weighted by Gasteiger charge is 2.53. The molecule has 5 unspecified atom stereocenters. The van der Waals surface area contributed by atoms with Crippen LogP contribution < -0.4 is 4.74 Å². The van der Waals surface area contributed by atoms with Crippen molar-refractivity contribution in [2.45, 2.75) is 57.0 Å². The average Bonchev–Trinajstić information content (AvgIpc) is 3.57. The quantitative estimate of drug-likeness (QED) is 0.101.